The zero-order valence-electron chi connectivity index (χ0n) is 25.2. The summed E-state index contributed by atoms with van der Waals surface area (Å²) in [7, 11) is 1.95. The van der Waals surface area contributed by atoms with Crippen LogP contribution < -0.4 is 0 Å². The number of aromatic amines is 1. The van der Waals surface area contributed by atoms with E-state index in [4.69, 9.17) is 0 Å². The predicted octanol–water partition coefficient (Wildman–Crippen LogP) is 7.19. The third-order valence-electron chi connectivity index (χ3n) is 9.23. The van der Waals surface area contributed by atoms with Crippen molar-refractivity contribution in [2.24, 2.45) is 11.8 Å². The van der Waals surface area contributed by atoms with Gasteiger partial charge in [-0.1, -0.05) is 56.3 Å². The van der Waals surface area contributed by atoms with E-state index in [1.54, 1.807) is 12.1 Å². The summed E-state index contributed by atoms with van der Waals surface area (Å²) in [6.45, 7) is 6.93. The topological polar surface area (TPSA) is 72.5 Å². The van der Waals surface area contributed by atoms with E-state index < -0.39 is 12.0 Å². The maximum absolute atomic E-state index is 14.2. The van der Waals surface area contributed by atoms with Crippen molar-refractivity contribution in [2.45, 2.75) is 69.9 Å². The molecule has 0 radical (unpaired) electrons. The second-order valence-corrected chi connectivity index (χ2v) is 12.3. The van der Waals surface area contributed by atoms with Crippen LogP contribution in [0.4, 0.5) is 4.39 Å². The predicted molar refractivity (Wildman–Crippen MR) is 178 cm³/mol. The van der Waals surface area contributed by atoms with Crippen LogP contribution in [0.2, 0.25) is 0 Å². The van der Waals surface area contributed by atoms with Gasteiger partial charge in [0.05, 0.1) is 5.69 Å². The summed E-state index contributed by atoms with van der Waals surface area (Å²) in [4.78, 5) is 16.7. The van der Waals surface area contributed by atoms with Crippen molar-refractivity contribution in [3.63, 3.8) is 0 Å². The molecule has 4 atom stereocenters. The average Bonchev–Trinajstić information content (AvgIpc) is 3.57. The second kappa shape index (κ2) is 16.8. The Kier molecular flexibility index (Phi) is 14.5. The van der Waals surface area contributed by atoms with Gasteiger partial charge in [-0.25, -0.2) is 4.39 Å². The third-order valence-corrected chi connectivity index (χ3v) is 9.23. The molecule has 1 aliphatic carbocycles. The summed E-state index contributed by atoms with van der Waals surface area (Å²) in [6, 6.07) is 19.4. The first kappa shape index (κ1) is 37.0. The average molecular weight is 656 g/mol. The van der Waals surface area contributed by atoms with Crippen LogP contribution in [0, 0.1) is 17.7 Å². The van der Waals surface area contributed by atoms with Crippen molar-refractivity contribution in [1.82, 2.24) is 20.0 Å². The van der Waals surface area contributed by atoms with E-state index in [0.29, 0.717) is 11.8 Å². The van der Waals surface area contributed by atoms with Gasteiger partial charge in [-0.15, -0.1) is 37.2 Å². The molecule has 2 fully saturated rings. The molecule has 3 aromatic rings. The Bertz CT molecular complexity index is 1270. The van der Waals surface area contributed by atoms with Crippen LogP contribution in [0.3, 0.4) is 0 Å². The van der Waals surface area contributed by atoms with Crippen molar-refractivity contribution < 1.29 is 14.3 Å². The number of nitrogens with zero attached hydrogens (tertiary/aromatic N) is 3. The van der Waals surface area contributed by atoms with Gasteiger partial charge in [-0.3, -0.25) is 14.8 Å². The SMILES string of the molecule is CC(C)[C@H](C(=O)O)N(C)C1CC(CN2CCC(c3cc(Cc4ccccc4)[nH]n3)CC2)C(c2cccc(F)c2)C1.Cl.Cl.Cl. The van der Waals surface area contributed by atoms with Crippen LogP contribution in [-0.4, -0.2) is 69.8 Å². The lowest BCUT2D eigenvalue weighted by Crippen LogP contribution is -2.47. The first-order chi connectivity index (χ1) is 19.3. The number of hydrogen-bond acceptors (Lipinski definition) is 4. The molecule has 43 heavy (non-hydrogen) atoms. The van der Waals surface area contributed by atoms with Crippen molar-refractivity contribution in [2.75, 3.05) is 26.7 Å². The minimum absolute atomic E-state index is 0. The third kappa shape index (κ3) is 9.18. The van der Waals surface area contributed by atoms with E-state index in [1.165, 1.54) is 17.3 Å². The lowest BCUT2D eigenvalue weighted by Gasteiger charge is -2.35. The zero-order valence-corrected chi connectivity index (χ0v) is 27.6. The molecule has 1 saturated heterocycles. The summed E-state index contributed by atoms with van der Waals surface area (Å²) in [5.74, 6) is 0.0784. The second-order valence-electron chi connectivity index (χ2n) is 12.3. The molecule has 3 unspecified atom stereocenters. The van der Waals surface area contributed by atoms with Crippen molar-refractivity contribution in [1.29, 1.82) is 0 Å². The van der Waals surface area contributed by atoms with Gasteiger partial charge in [-0.2, -0.15) is 5.10 Å². The first-order valence-electron chi connectivity index (χ1n) is 14.8. The van der Waals surface area contributed by atoms with Crippen LogP contribution >= 0.6 is 37.2 Å². The van der Waals surface area contributed by atoms with E-state index in [9.17, 15) is 14.3 Å². The van der Waals surface area contributed by atoms with Gasteiger partial charge >= 0.3 is 5.97 Å². The highest BCUT2D eigenvalue weighted by Gasteiger charge is 2.41. The highest BCUT2D eigenvalue weighted by Crippen LogP contribution is 2.43. The molecule has 238 valence electrons. The molecule has 2 aromatic carbocycles. The molecule has 10 heteroatoms. The van der Waals surface area contributed by atoms with Crippen LogP contribution in [-0.2, 0) is 11.2 Å². The Morgan fingerprint density at radius 2 is 1.74 bits per heavy atom. The maximum atomic E-state index is 14.2. The van der Waals surface area contributed by atoms with E-state index in [2.05, 4.69) is 50.3 Å². The largest absolute Gasteiger partial charge is 0.480 e. The normalized spacial score (nSPS) is 21.6. The number of hydrogen-bond donors (Lipinski definition) is 2. The Morgan fingerprint density at radius 3 is 2.37 bits per heavy atom. The van der Waals surface area contributed by atoms with Gasteiger partial charge in [0.2, 0.25) is 0 Å². The number of piperidine rings is 1. The van der Waals surface area contributed by atoms with Crippen molar-refractivity contribution in [3.8, 4) is 0 Å². The number of benzene rings is 2. The number of H-pyrrole nitrogens is 1. The van der Waals surface area contributed by atoms with Gasteiger partial charge in [0.15, 0.2) is 0 Å². The Balaban J connectivity index is 0.00000215. The fourth-order valence-electron chi connectivity index (χ4n) is 7.17. The van der Waals surface area contributed by atoms with E-state index in [0.717, 1.165) is 63.0 Å². The smallest absolute Gasteiger partial charge is 0.321 e. The number of nitrogens with one attached hydrogen (secondary N) is 1. The van der Waals surface area contributed by atoms with Gasteiger partial charge in [0, 0.05) is 30.6 Å². The first-order valence-corrected chi connectivity index (χ1v) is 14.8. The number of halogens is 4. The molecule has 0 amide bonds. The Labute approximate surface area is 274 Å². The summed E-state index contributed by atoms with van der Waals surface area (Å²) in [6.07, 6.45) is 4.80. The van der Waals surface area contributed by atoms with Crippen LogP contribution in [0.25, 0.3) is 0 Å². The van der Waals surface area contributed by atoms with E-state index in [-0.39, 0.29) is 60.9 Å². The monoisotopic (exact) mass is 654 g/mol. The molecular formula is C33H46Cl3FN4O2. The maximum Gasteiger partial charge on any atom is 0.321 e. The minimum Gasteiger partial charge on any atom is -0.480 e. The molecule has 2 heterocycles. The highest BCUT2D eigenvalue weighted by molar-refractivity contribution is 5.86. The summed E-state index contributed by atoms with van der Waals surface area (Å²) >= 11 is 0. The highest BCUT2D eigenvalue weighted by atomic mass is 35.5. The van der Waals surface area contributed by atoms with Crippen molar-refractivity contribution in [3.05, 3.63) is 89.0 Å². The van der Waals surface area contributed by atoms with Gasteiger partial charge < -0.3 is 10.0 Å². The number of aromatic nitrogens is 2. The summed E-state index contributed by atoms with van der Waals surface area (Å²) in [5, 5.41) is 17.8. The lowest BCUT2D eigenvalue weighted by molar-refractivity contribution is -0.145. The molecule has 6 nitrogen and oxygen atoms in total. The zero-order chi connectivity index (χ0) is 28.2. The number of likely N-dealkylation sites (tertiary alicyclic amines) is 1. The molecular weight excluding hydrogens is 610 g/mol. The molecule has 2 aliphatic rings. The molecule has 2 N–H and O–H groups in total. The van der Waals surface area contributed by atoms with E-state index >= 15 is 0 Å². The van der Waals surface area contributed by atoms with Gasteiger partial charge in [0.25, 0.3) is 0 Å². The molecule has 1 saturated carbocycles. The fraction of sp³-hybridized carbons (Fsp3) is 0.515. The Hall–Kier alpha value is -2.16. The number of carboxylic acid groups (broad SMARTS) is 1. The lowest BCUT2D eigenvalue weighted by atomic mass is 9.87. The fourth-order valence-corrected chi connectivity index (χ4v) is 7.17. The minimum atomic E-state index is -0.768. The van der Waals surface area contributed by atoms with Crippen molar-refractivity contribution >= 4 is 43.2 Å². The summed E-state index contributed by atoms with van der Waals surface area (Å²) < 4.78 is 14.2. The van der Waals surface area contributed by atoms with Gasteiger partial charge in [0.1, 0.15) is 11.9 Å². The molecule has 1 aliphatic heterocycles. The molecule has 0 bridgehead atoms. The molecule has 0 spiro atoms. The molecule has 5 rings (SSSR count). The molecule has 1 aromatic heterocycles. The van der Waals surface area contributed by atoms with Crippen LogP contribution in [0.15, 0.2) is 60.7 Å². The quantitative estimate of drug-likeness (QED) is 0.242. The van der Waals surface area contributed by atoms with Crippen LogP contribution in [0.5, 0.6) is 0 Å². The number of carboxylic acids is 1. The Morgan fingerprint density at radius 1 is 1.05 bits per heavy atom. The number of likely N-dealkylation sites (N-methyl/N-ethyl adjacent to an activating group) is 1. The van der Waals surface area contributed by atoms with Crippen LogP contribution in [0.1, 0.15) is 73.9 Å². The van der Waals surface area contributed by atoms with E-state index in [1.807, 2.05) is 33.0 Å². The number of aliphatic carboxylic acids is 1. The standard InChI is InChI=1S/C33H43FN4O2.3ClH/c1-22(2)32(33(39)40)37(3)29-18-26(30(20-29)25-10-7-11-27(34)17-25)21-38-14-12-24(13-15-38)31-19-28(35-36-31)16-23-8-5-4-6-9-23;;;/h4-11,17,19,22,24,26,29-30,32H,12-16,18,20-21H2,1-3H3,(H,35,36)(H,39,40);3*1H/t26?,29?,30?,32-;;;/m1.../s1. The van der Waals surface area contributed by atoms with Gasteiger partial charge in [-0.05, 0) is 92.9 Å². The summed E-state index contributed by atoms with van der Waals surface area (Å²) in [5.41, 5.74) is 4.64. The number of carbonyl (C=O) groups is 1. The number of rotatable bonds is 10.